The quantitative estimate of drug-likeness (QED) is 0.566. The van der Waals surface area contributed by atoms with E-state index >= 15 is 0 Å². The molecule has 1 aliphatic carbocycles. The fourth-order valence-electron chi connectivity index (χ4n) is 1.25. The van der Waals surface area contributed by atoms with Gasteiger partial charge < -0.3 is 5.32 Å². The Balaban J connectivity index is 2.11. The molecule has 0 bridgehead atoms. The first-order chi connectivity index (χ1) is 4.43. The minimum Gasteiger partial charge on any atom is -0.319 e. The molecule has 0 amide bonds. The van der Waals surface area contributed by atoms with E-state index in [2.05, 4.69) is 11.4 Å². The van der Waals surface area contributed by atoms with Gasteiger partial charge >= 0.3 is 0 Å². The van der Waals surface area contributed by atoms with Gasteiger partial charge in [-0.3, -0.25) is 0 Å². The van der Waals surface area contributed by atoms with Crippen LogP contribution in [-0.2, 0) is 0 Å². The summed E-state index contributed by atoms with van der Waals surface area (Å²) in [6.45, 7) is 1.14. The topological polar surface area (TPSA) is 12.0 Å². The van der Waals surface area contributed by atoms with Crippen molar-refractivity contribution in [1.82, 2.24) is 5.32 Å². The third-order valence-electron chi connectivity index (χ3n) is 1.83. The van der Waals surface area contributed by atoms with E-state index in [4.69, 9.17) is 0 Å². The molecule has 1 N–H and O–H groups in total. The summed E-state index contributed by atoms with van der Waals surface area (Å²) in [7, 11) is 2.01. The van der Waals surface area contributed by atoms with E-state index in [-0.39, 0.29) is 0 Å². The summed E-state index contributed by atoms with van der Waals surface area (Å²) in [5.74, 6) is 0. The maximum Gasteiger partial charge on any atom is -0.00146 e. The lowest BCUT2D eigenvalue weighted by molar-refractivity contribution is 0.762. The van der Waals surface area contributed by atoms with Crippen molar-refractivity contribution >= 4 is 0 Å². The molecule has 0 aliphatic heterocycles. The van der Waals surface area contributed by atoms with Crippen LogP contribution in [0, 0.1) is 0 Å². The molecule has 0 saturated carbocycles. The second-order valence-corrected chi connectivity index (χ2v) is 2.61. The van der Waals surface area contributed by atoms with Crippen molar-refractivity contribution in [1.29, 1.82) is 0 Å². The minimum absolute atomic E-state index is 1.14. The molecule has 0 spiro atoms. The highest BCUT2D eigenvalue weighted by Gasteiger charge is 2.01. The largest absolute Gasteiger partial charge is 0.319 e. The van der Waals surface area contributed by atoms with Crippen LogP contribution in [0.3, 0.4) is 0 Å². The van der Waals surface area contributed by atoms with Gasteiger partial charge in [0.2, 0.25) is 0 Å². The van der Waals surface area contributed by atoms with Gasteiger partial charge in [-0.05, 0) is 39.3 Å². The van der Waals surface area contributed by atoms with E-state index < -0.39 is 0 Å². The highest BCUT2D eigenvalue weighted by Crippen LogP contribution is 2.19. The van der Waals surface area contributed by atoms with Gasteiger partial charge in [-0.1, -0.05) is 11.6 Å². The number of rotatable bonds is 3. The SMILES string of the molecule is CNCCC1=CCCC1. The number of nitrogens with one attached hydrogen (secondary N) is 1. The van der Waals surface area contributed by atoms with Crippen LogP contribution >= 0.6 is 0 Å². The first-order valence-electron chi connectivity index (χ1n) is 3.76. The van der Waals surface area contributed by atoms with E-state index in [1.807, 2.05) is 7.05 Å². The molecule has 1 aliphatic rings. The first kappa shape index (κ1) is 6.81. The van der Waals surface area contributed by atoms with Crippen molar-refractivity contribution in [2.75, 3.05) is 13.6 Å². The van der Waals surface area contributed by atoms with Crippen LogP contribution in [0.25, 0.3) is 0 Å². The summed E-state index contributed by atoms with van der Waals surface area (Å²) in [5, 5.41) is 3.15. The summed E-state index contributed by atoms with van der Waals surface area (Å²) in [6.07, 6.45) is 7.70. The molecule has 0 radical (unpaired) electrons. The number of hydrogen-bond donors (Lipinski definition) is 1. The predicted molar refractivity (Wildman–Crippen MR) is 40.5 cm³/mol. The van der Waals surface area contributed by atoms with E-state index in [0.29, 0.717) is 0 Å². The maximum absolute atomic E-state index is 3.15. The van der Waals surface area contributed by atoms with Crippen LogP contribution in [0.2, 0.25) is 0 Å². The molecule has 0 aromatic carbocycles. The molecule has 0 fully saturated rings. The fourth-order valence-corrected chi connectivity index (χ4v) is 1.25. The van der Waals surface area contributed by atoms with E-state index in [1.165, 1.54) is 25.7 Å². The molecular formula is C8H15N. The van der Waals surface area contributed by atoms with Crippen molar-refractivity contribution in [2.24, 2.45) is 0 Å². The lowest BCUT2D eigenvalue weighted by Gasteiger charge is -1.98. The minimum atomic E-state index is 1.14. The Morgan fingerprint density at radius 3 is 3.11 bits per heavy atom. The van der Waals surface area contributed by atoms with Gasteiger partial charge in [0.1, 0.15) is 0 Å². The summed E-state index contributed by atoms with van der Waals surface area (Å²) in [4.78, 5) is 0. The van der Waals surface area contributed by atoms with Gasteiger partial charge in [0.15, 0.2) is 0 Å². The lowest BCUT2D eigenvalue weighted by Crippen LogP contribution is -2.07. The maximum atomic E-state index is 3.15. The summed E-state index contributed by atoms with van der Waals surface area (Å²) < 4.78 is 0. The highest BCUT2D eigenvalue weighted by atomic mass is 14.8. The van der Waals surface area contributed by atoms with Crippen molar-refractivity contribution in [2.45, 2.75) is 25.7 Å². The Kier molecular flexibility index (Phi) is 2.78. The molecule has 0 unspecified atom stereocenters. The lowest BCUT2D eigenvalue weighted by atomic mass is 10.2. The van der Waals surface area contributed by atoms with Crippen LogP contribution < -0.4 is 5.32 Å². The van der Waals surface area contributed by atoms with Gasteiger partial charge in [-0.15, -0.1) is 0 Å². The Hall–Kier alpha value is -0.300. The Bertz CT molecular complexity index is 105. The highest BCUT2D eigenvalue weighted by molar-refractivity contribution is 5.07. The van der Waals surface area contributed by atoms with Crippen LogP contribution in [-0.4, -0.2) is 13.6 Å². The second kappa shape index (κ2) is 3.67. The van der Waals surface area contributed by atoms with Crippen LogP contribution in [0.15, 0.2) is 11.6 Å². The van der Waals surface area contributed by atoms with Gasteiger partial charge in [-0.2, -0.15) is 0 Å². The monoisotopic (exact) mass is 125 g/mol. The average molecular weight is 125 g/mol. The van der Waals surface area contributed by atoms with Crippen LogP contribution in [0.1, 0.15) is 25.7 Å². The molecule has 1 heteroatoms. The zero-order valence-electron chi connectivity index (χ0n) is 6.11. The second-order valence-electron chi connectivity index (χ2n) is 2.61. The fraction of sp³-hybridized carbons (Fsp3) is 0.750. The van der Waals surface area contributed by atoms with E-state index in [9.17, 15) is 0 Å². The van der Waals surface area contributed by atoms with Gasteiger partial charge in [-0.25, -0.2) is 0 Å². The predicted octanol–water partition coefficient (Wildman–Crippen LogP) is 1.71. The third-order valence-corrected chi connectivity index (χ3v) is 1.83. The first-order valence-corrected chi connectivity index (χ1v) is 3.76. The molecule has 0 aromatic rings. The van der Waals surface area contributed by atoms with Crippen LogP contribution in [0.4, 0.5) is 0 Å². The molecule has 0 heterocycles. The third kappa shape index (κ3) is 2.19. The Morgan fingerprint density at radius 2 is 2.56 bits per heavy atom. The molecule has 1 rings (SSSR count). The van der Waals surface area contributed by atoms with E-state index in [0.717, 1.165) is 6.54 Å². The summed E-state index contributed by atoms with van der Waals surface area (Å²) in [6, 6.07) is 0. The van der Waals surface area contributed by atoms with Gasteiger partial charge in [0.05, 0.1) is 0 Å². The molecule has 0 atom stereocenters. The summed E-state index contributed by atoms with van der Waals surface area (Å²) >= 11 is 0. The normalized spacial score (nSPS) is 18.1. The molecule has 0 saturated heterocycles. The molecule has 0 aromatic heterocycles. The van der Waals surface area contributed by atoms with Gasteiger partial charge in [0.25, 0.3) is 0 Å². The van der Waals surface area contributed by atoms with Crippen molar-refractivity contribution in [3.05, 3.63) is 11.6 Å². The Labute approximate surface area is 57.1 Å². The smallest absolute Gasteiger partial charge is 0.00146 e. The number of allylic oxidation sites excluding steroid dienone is 1. The molecule has 9 heavy (non-hydrogen) atoms. The molecule has 1 nitrogen and oxygen atoms in total. The van der Waals surface area contributed by atoms with Crippen molar-refractivity contribution in [3.8, 4) is 0 Å². The zero-order chi connectivity index (χ0) is 6.53. The molecular weight excluding hydrogens is 110 g/mol. The Morgan fingerprint density at radius 1 is 1.67 bits per heavy atom. The van der Waals surface area contributed by atoms with Crippen molar-refractivity contribution in [3.63, 3.8) is 0 Å². The number of hydrogen-bond acceptors (Lipinski definition) is 1. The van der Waals surface area contributed by atoms with Crippen LogP contribution in [0.5, 0.6) is 0 Å². The van der Waals surface area contributed by atoms with Crippen molar-refractivity contribution < 1.29 is 0 Å². The van der Waals surface area contributed by atoms with Gasteiger partial charge in [0, 0.05) is 0 Å². The zero-order valence-corrected chi connectivity index (χ0v) is 6.11. The summed E-state index contributed by atoms with van der Waals surface area (Å²) in [5.41, 5.74) is 1.66. The molecule has 52 valence electrons. The average Bonchev–Trinajstić information content (AvgIpc) is 2.34. The standard InChI is InChI=1S/C8H15N/c1-9-7-6-8-4-2-3-5-8/h4,9H,2-3,5-7H2,1H3. The van der Waals surface area contributed by atoms with E-state index in [1.54, 1.807) is 5.57 Å².